The van der Waals surface area contributed by atoms with Crippen LogP contribution in [0.5, 0.6) is 0 Å². The molecule has 0 aliphatic heterocycles. The van der Waals surface area contributed by atoms with Crippen LogP contribution in [0.25, 0.3) is 0 Å². The number of hydrogen-bond acceptors (Lipinski definition) is 3. The third kappa shape index (κ3) is 4.20. The molecule has 0 radical (unpaired) electrons. The van der Waals surface area contributed by atoms with E-state index in [0.717, 1.165) is 19.4 Å². The van der Waals surface area contributed by atoms with Crippen LogP contribution >= 0.6 is 0 Å². The van der Waals surface area contributed by atoms with Gasteiger partial charge in [0.25, 0.3) is 0 Å². The van der Waals surface area contributed by atoms with Gasteiger partial charge in [0.1, 0.15) is 0 Å². The third-order valence-electron chi connectivity index (χ3n) is 6.00. The van der Waals surface area contributed by atoms with E-state index < -0.39 is 0 Å². The molecule has 124 valence electrons. The fourth-order valence-electron chi connectivity index (χ4n) is 4.54. The number of hydrazine groups is 1. The van der Waals surface area contributed by atoms with Gasteiger partial charge in [-0.15, -0.1) is 0 Å². The Morgan fingerprint density at radius 3 is 2.10 bits per heavy atom. The van der Waals surface area contributed by atoms with E-state index in [2.05, 4.69) is 26.2 Å². The van der Waals surface area contributed by atoms with E-state index >= 15 is 0 Å². The molecule has 1 unspecified atom stereocenters. The average molecular weight is 296 g/mol. The monoisotopic (exact) mass is 296 g/mol. The topological polar surface area (TPSA) is 47.3 Å². The summed E-state index contributed by atoms with van der Waals surface area (Å²) in [6.07, 6.45) is 12.9. The number of hydrogen-bond donors (Lipinski definition) is 2. The highest BCUT2D eigenvalue weighted by molar-refractivity contribution is 5.01. The van der Waals surface area contributed by atoms with Gasteiger partial charge in [-0.05, 0) is 56.8 Å². The lowest BCUT2D eigenvalue weighted by atomic mass is 9.65. The molecule has 2 rings (SSSR count). The molecular formula is C18H36N2O. The minimum absolute atomic E-state index is 0.0337. The molecule has 0 heterocycles. The lowest BCUT2D eigenvalue weighted by molar-refractivity contribution is -0.119. The SMILES string of the molecule is CCOC1(C(NN)C2CCCCCC2)CCC(C)(C)CC1. The molecule has 0 aromatic carbocycles. The number of nitrogens with two attached hydrogens (primary N) is 1. The van der Waals surface area contributed by atoms with Crippen LogP contribution < -0.4 is 11.3 Å². The molecule has 0 aromatic heterocycles. The van der Waals surface area contributed by atoms with Crippen molar-refractivity contribution in [3.05, 3.63) is 0 Å². The van der Waals surface area contributed by atoms with Crippen LogP contribution in [0.15, 0.2) is 0 Å². The largest absolute Gasteiger partial charge is 0.374 e. The zero-order chi connectivity index (χ0) is 15.3. The van der Waals surface area contributed by atoms with Crippen LogP contribution in [0.1, 0.15) is 85.0 Å². The molecule has 2 fully saturated rings. The smallest absolute Gasteiger partial charge is 0.0851 e. The molecule has 3 nitrogen and oxygen atoms in total. The van der Waals surface area contributed by atoms with Crippen LogP contribution in [0, 0.1) is 11.3 Å². The van der Waals surface area contributed by atoms with Crippen molar-refractivity contribution in [2.45, 2.75) is 96.6 Å². The molecule has 0 amide bonds. The molecule has 0 bridgehead atoms. The van der Waals surface area contributed by atoms with Gasteiger partial charge in [-0.3, -0.25) is 11.3 Å². The Kier molecular flexibility index (Phi) is 6.10. The molecule has 0 saturated heterocycles. The van der Waals surface area contributed by atoms with Crippen molar-refractivity contribution in [2.75, 3.05) is 6.61 Å². The predicted octanol–water partition coefficient (Wildman–Crippen LogP) is 4.16. The Morgan fingerprint density at radius 1 is 1.05 bits per heavy atom. The quantitative estimate of drug-likeness (QED) is 0.455. The number of ether oxygens (including phenoxy) is 1. The van der Waals surface area contributed by atoms with Crippen molar-refractivity contribution in [1.82, 2.24) is 5.43 Å². The molecule has 21 heavy (non-hydrogen) atoms. The Labute approximate surface area is 131 Å². The number of rotatable bonds is 5. The Balaban J connectivity index is 2.13. The van der Waals surface area contributed by atoms with Gasteiger partial charge in [0.15, 0.2) is 0 Å². The van der Waals surface area contributed by atoms with Gasteiger partial charge in [0, 0.05) is 6.61 Å². The summed E-state index contributed by atoms with van der Waals surface area (Å²) >= 11 is 0. The van der Waals surface area contributed by atoms with Crippen molar-refractivity contribution in [3.63, 3.8) is 0 Å². The molecule has 2 aliphatic rings. The Morgan fingerprint density at radius 2 is 1.62 bits per heavy atom. The highest BCUT2D eigenvalue weighted by Crippen LogP contribution is 2.46. The van der Waals surface area contributed by atoms with Crippen LogP contribution in [-0.2, 0) is 4.74 Å². The maximum absolute atomic E-state index is 6.37. The van der Waals surface area contributed by atoms with Gasteiger partial charge in [-0.2, -0.15) is 0 Å². The first-order chi connectivity index (χ1) is 10.0. The van der Waals surface area contributed by atoms with Crippen molar-refractivity contribution in [2.24, 2.45) is 17.2 Å². The average Bonchev–Trinajstić information content (AvgIpc) is 2.72. The zero-order valence-corrected chi connectivity index (χ0v) is 14.4. The fourth-order valence-corrected chi connectivity index (χ4v) is 4.54. The third-order valence-corrected chi connectivity index (χ3v) is 6.00. The first-order valence-corrected chi connectivity index (χ1v) is 9.13. The lowest BCUT2D eigenvalue weighted by Crippen LogP contribution is -2.60. The van der Waals surface area contributed by atoms with E-state index in [9.17, 15) is 0 Å². The maximum Gasteiger partial charge on any atom is 0.0851 e. The fraction of sp³-hybridized carbons (Fsp3) is 1.00. The number of nitrogens with one attached hydrogen (secondary N) is 1. The summed E-state index contributed by atoms with van der Waals surface area (Å²) in [5.41, 5.74) is 3.63. The van der Waals surface area contributed by atoms with Crippen molar-refractivity contribution in [3.8, 4) is 0 Å². The summed E-state index contributed by atoms with van der Waals surface area (Å²) < 4.78 is 6.37. The first kappa shape index (κ1) is 17.2. The maximum atomic E-state index is 6.37. The van der Waals surface area contributed by atoms with Crippen LogP contribution in [0.2, 0.25) is 0 Å². The summed E-state index contributed by atoms with van der Waals surface area (Å²) in [5.74, 6) is 6.72. The second kappa shape index (κ2) is 7.43. The standard InChI is InChI=1S/C18H36N2O/c1-4-21-18(13-11-17(2,3)12-14-18)16(20-19)15-9-7-5-6-8-10-15/h15-16,20H,4-14,19H2,1-3H3. The molecule has 0 spiro atoms. The zero-order valence-electron chi connectivity index (χ0n) is 14.4. The second-order valence-corrected chi connectivity index (χ2v) is 8.06. The first-order valence-electron chi connectivity index (χ1n) is 9.13. The highest BCUT2D eigenvalue weighted by atomic mass is 16.5. The summed E-state index contributed by atoms with van der Waals surface area (Å²) in [7, 11) is 0. The lowest BCUT2D eigenvalue weighted by Gasteiger charge is -2.49. The van der Waals surface area contributed by atoms with Crippen LogP contribution in [0.4, 0.5) is 0 Å². The molecular weight excluding hydrogens is 260 g/mol. The van der Waals surface area contributed by atoms with E-state index in [4.69, 9.17) is 10.6 Å². The molecule has 0 aromatic rings. The van der Waals surface area contributed by atoms with E-state index in [-0.39, 0.29) is 5.60 Å². The van der Waals surface area contributed by atoms with Gasteiger partial charge in [-0.25, -0.2) is 0 Å². The predicted molar refractivity (Wildman–Crippen MR) is 88.9 cm³/mol. The summed E-state index contributed by atoms with van der Waals surface area (Å²) in [6, 6.07) is 0.326. The molecule has 2 aliphatic carbocycles. The minimum atomic E-state index is -0.0337. The summed E-state index contributed by atoms with van der Waals surface area (Å²) in [5, 5.41) is 0. The van der Waals surface area contributed by atoms with Crippen LogP contribution in [-0.4, -0.2) is 18.2 Å². The molecule has 1 atom stereocenters. The van der Waals surface area contributed by atoms with E-state index in [1.807, 2.05) is 0 Å². The van der Waals surface area contributed by atoms with Gasteiger partial charge < -0.3 is 4.74 Å². The van der Waals surface area contributed by atoms with Gasteiger partial charge in [-0.1, -0.05) is 39.5 Å². The Bertz CT molecular complexity index is 298. The van der Waals surface area contributed by atoms with Gasteiger partial charge >= 0.3 is 0 Å². The normalized spacial score (nSPS) is 28.0. The van der Waals surface area contributed by atoms with Crippen LogP contribution in [0.3, 0.4) is 0 Å². The van der Waals surface area contributed by atoms with Gasteiger partial charge in [0.05, 0.1) is 11.6 Å². The summed E-state index contributed by atoms with van der Waals surface area (Å²) in [6.45, 7) is 7.70. The van der Waals surface area contributed by atoms with Gasteiger partial charge in [0.2, 0.25) is 0 Å². The van der Waals surface area contributed by atoms with E-state index in [1.54, 1.807) is 0 Å². The molecule has 3 N–H and O–H groups in total. The van der Waals surface area contributed by atoms with Crippen molar-refractivity contribution >= 4 is 0 Å². The Hall–Kier alpha value is -0.120. The highest BCUT2D eigenvalue weighted by Gasteiger charge is 2.47. The van der Waals surface area contributed by atoms with E-state index in [1.165, 1.54) is 51.4 Å². The minimum Gasteiger partial charge on any atom is -0.374 e. The second-order valence-electron chi connectivity index (χ2n) is 8.06. The van der Waals surface area contributed by atoms with E-state index in [0.29, 0.717) is 17.4 Å². The molecule has 2 saturated carbocycles. The molecule has 3 heteroatoms. The summed E-state index contributed by atoms with van der Waals surface area (Å²) in [4.78, 5) is 0. The van der Waals surface area contributed by atoms with Crippen molar-refractivity contribution in [1.29, 1.82) is 0 Å². The van der Waals surface area contributed by atoms with Crippen molar-refractivity contribution < 1.29 is 4.74 Å².